The van der Waals surface area contributed by atoms with Crippen molar-refractivity contribution in [2.45, 2.75) is 9.79 Å². The number of carboxylic acids is 2. The quantitative estimate of drug-likeness (QED) is 0.0486. The molecular formula is C106H76N16O6Pt4S2. The van der Waals surface area contributed by atoms with Crippen LogP contribution >= 0.6 is 0 Å². The third kappa shape index (κ3) is 19.7. The Hall–Kier alpha value is -14.5. The van der Waals surface area contributed by atoms with Crippen LogP contribution in [0.4, 0.5) is 11.4 Å². The van der Waals surface area contributed by atoms with E-state index in [1.54, 1.807) is 84.2 Å². The molecule has 13 aromatic carbocycles. The molecule has 0 saturated carbocycles. The van der Waals surface area contributed by atoms with Gasteiger partial charge in [0.2, 0.25) is 0 Å². The number of aromatic nitrogens is 14. The van der Waals surface area contributed by atoms with Crippen LogP contribution in [-0.4, -0.2) is 115 Å². The number of carboxylic acid groups (broad SMARTS) is 2. The fourth-order valence-corrected chi connectivity index (χ4v) is 16.3. The first-order valence-electron chi connectivity index (χ1n) is 41.3. The van der Waals surface area contributed by atoms with E-state index >= 15 is 0 Å². The van der Waals surface area contributed by atoms with Crippen LogP contribution in [0.2, 0.25) is 0 Å². The third-order valence-electron chi connectivity index (χ3n) is 22.1. The second kappa shape index (κ2) is 42.8. The van der Waals surface area contributed by atoms with Crippen LogP contribution in [0.1, 0.15) is 20.7 Å². The maximum atomic E-state index is 11.5. The number of aryl methyl sites for hydroxylation is 2. The molecule has 0 atom stereocenters. The van der Waals surface area contributed by atoms with Crippen LogP contribution in [0.5, 0.6) is 11.5 Å². The third-order valence-corrected chi connectivity index (χ3v) is 22.8. The average molecular weight is 2510 g/mol. The molecular weight excluding hydrogens is 2440 g/mol. The van der Waals surface area contributed by atoms with Crippen LogP contribution < -0.4 is 0 Å². The molecule has 0 aliphatic rings. The molecule has 0 aliphatic carbocycles. The van der Waals surface area contributed by atoms with E-state index in [0.29, 0.717) is 79.5 Å². The largest absolute Gasteiger partial charge is 2.00 e. The molecule has 22 nitrogen and oxygen atoms in total. The van der Waals surface area contributed by atoms with Crippen molar-refractivity contribution >= 4 is 92.4 Å². The van der Waals surface area contributed by atoms with Crippen molar-refractivity contribution in [1.82, 2.24) is 68.1 Å². The Bertz CT molecular complexity index is 7390. The topological polar surface area (TPSA) is 292 Å². The summed E-state index contributed by atoms with van der Waals surface area (Å²) >= 11 is 10.8. The molecule has 21 aromatic rings. The standard InChI is InChI=1S/C38H28N4.C30H22N4O2.C20H14N4S2.C18H14N4O4.4Pt/c1-39-33-19-11-9-17-29(33)35-23-31(25-13-5-3-6-14-25)27-21-22-28-32(26-15-7-4-8-16-26)24-36(42-38(28)37(27)41-35)30-18-10-12-20-34(30)40-2;35-27-17-9-7-15-23(27)25-19-33(21-11-3-1-4-12-21)29(31-25)30-32-26(24-16-8-10-18-28(24)36)20-34(30)22-13-5-2-6-14-22;25-17-7-3-1-5-13(17)15-9-11-21-19(23-15)20-22-12-10-16(24-20)14-6-2-4-8-18(14)26;1-21-11-7-3-5-9(17(23)24)13(11)19-15(21)16-20-14-10(18(25)26)6-4-8-12(14)22(16)2;;;;/h3-24H,1-2H3;1-20,35-36H;1-12,25-26H;3-8H,1-2H3,(H,23,24)(H,25,26);;;;/q-2;;;;;;2*+2/p-2. The van der Waals surface area contributed by atoms with Gasteiger partial charge in [0.15, 0.2) is 34.9 Å². The number of para-hydroxylation sites is 8. The summed E-state index contributed by atoms with van der Waals surface area (Å²) in [6.45, 7) is 0. The minimum Gasteiger partial charge on any atom is -0.779 e. The van der Waals surface area contributed by atoms with E-state index in [1.807, 2.05) is 230 Å². The van der Waals surface area contributed by atoms with Crippen LogP contribution in [0.25, 0.3) is 191 Å². The van der Waals surface area contributed by atoms with E-state index in [4.69, 9.17) is 45.2 Å². The molecule has 21 rings (SSSR count). The van der Waals surface area contributed by atoms with E-state index in [1.165, 1.54) is 12.1 Å². The smallest absolute Gasteiger partial charge is 0.779 e. The SMILES string of the molecule is C[N-]c1ccccc1-c1cc(-c2ccccc2)c2ccc3c(-c4ccccc4)cc(-c4ccccc4[N-]C)nc3c2n1.Cn1c(-c2nc3c(C(=O)O)cccc3n2C)nc2c(C(=O)O)cccc21.Oc1ccccc1-c1cn(-c2ccccc2)c(-c2nc(-c3ccccc3O)cn2-c2ccccc2)n1.[Pt+2].[Pt+2].[Pt].[Pt].[S-]c1ccccc1-c1ccnc(-c2nccc(-c3ccccc3[S-])n2)n1. The Morgan fingerprint density at radius 1 is 0.313 bits per heavy atom. The maximum Gasteiger partial charge on any atom is 2.00 e. The number of hydrogen-bond donors (Lipinski definition) is 4. The van der Waals surface area contributed by atoms with E-state index in [-0.39, 0.29) is 107 Å². The van der Waals surface area contributed by atoms with Gasteiger partial charge in [-0.15, -0.1) is 25.5 Å². The van der Waals surface area contributed by atoms with Crippen molar-refractivity contribution in [3.05, 3.63) is 386 Å². The first-order chi connectivity index (χ1) is 63.5. The fourth-order valence-electron chi connectivity index (χ4n) is 15.8. The first-order valence-corrected chi connectivity index (χ1v) is 42.1. The van der Waals surface area contributed by atoms with E-state index in [0.717, 1.165) is 122 Å². The Balaban J connectivity index is 0.000000145. The average Bonchev–Trinajstić information content (AvgIpc) is 1.29. The second-order valence-electron chi connectivity index (χ2n) is 30.0. The molecule has 8 aromatic heterocycles. The number of pyridine rings is 2. The number of benzene rings is 13. The van der Waals surface area contributed by atoms with Gasteiger partial charge in [-0.25, -0.2) is 59.4 Å². The summed E-state index contributed by atoms with van der Waals surface area (Å²) in [5.41, 5.74) is 21.6. The molecule has 0 unspecified atom stereocenters. The molecule has 134 heavy (non-hydrogen) atoms. The van der Waals surface area contributed by atoms with Gasteiger partial charge in [0.25, 0.3) is 0 Å². The number of aromatic hydroxyl groups is 2. The van der Waals surface area contributed by atoms with E-state index in [2.05, 4.69) is 125 Å². The molecule has 0 amide bonds. The van der Waals surface area contributed by atoms with Gasteiger partial charge in [-0.2, -0.15) is 9.79 Å². The van der Waals surface area contributed by atoms with Gasteiger partial charge in [0.05, 0.1) is 67.4 Å². The van der Waals surface area contributed by atoms with Crippen LogP contribution in [0.15, 0.2) is 374 Å². The zero-order valence-corrected chi connectivity index (χ0v) is 82.2. The zero-order valence-electron chi connectivity index (χ0n) is 71.5. The van der Waals surface area contributed by atoms with Gasteiger partial charge in [0.1, 0.15) is 22.5 Å². The number of imidazole rings is 4. The van der Waals surface area contributed by atoms with Crippen LogP contribution in [0, 0.1) is 0 Å². The van der Waals surface area contributed by atoms with Crippen LogP contribution in [0.3, 0.4) is 0 Å². The van der Waals surface area contributed by atoms with Crippen molar-refractivity contribution in [2.75, 3.05) is 14.1 Å². The van der Waals surface area contributed by atoms with Crippen LogP contribution in [-0.2, 0) is 124 Å². The van der Waals surface area contributed by atoms with Crippen molar-refractivity contribution in [3.8, 4) is 148 Å². The summed E-state index contributed by atoms with van der Waals surface area (Å²) in [4.78, 5) is 71.8. The van der Waals surface area contributed by atoms with Gasteiger partial charge in [-0.05, 0) is 142 Å². The number of fused-ring (bicyclic) bond motifs is 5. The Kier molecular flexibility index (Phi) is 30.6. The first kappa shape index (κ1) is 95.6. The molecule has 0 saturated heterocycles. The van der Waals surface area contributed by atoms with Gasteiger partial charge in [-0.1, -0.05) is 243 Å². The minimum atomic E-state index is -1.06. The molecule has 4 N–H and O–H groups in total. The number of hydrogen-bond acceptors (Lipinski definition) is 16. The summed E-state index contributed by atoms with van der Waals surface area (Å²) in [7, 11) is 7.19. The van der Waals surface area contributed by atoms with Crippen molar-refractivity contribution in [2.24, 2.45) is 14.1 Å². The Labute approximate surface area is 839 Å². The number of phenols is 2. The van der Waals surface area contributed by atoms with Crippen molar-refractivity contribution in [1.29, 1.82) is 0 Å². The summed E-state index contributed by atoms with van der Waals surface area (Å²) in [5, 5.41) is 51.0. The predicted octanol–water partition coefficient (Wildman–Crippen LogP) is 23.8. The van der Waals surface area contributed by atoms with Crippen molar-refractivity contribution < 1.29 is 114 Å². The molecule has 0 fully saturated rings. The Morgan fingerprint density at radius 3 is 1.01 bits per heavy atom. The number of phenolic OH excluding ortho intramolecular Hbond substituents is 2. The predicted molar refractivity (Wildman–Crippen MR) is 517 cm³/mol. The molecule has 0 spiro atoms. The number of carbonyl (C=O) groups is 2. The molecule has 8 heterocycles. The van der Waals surface area contributed by atoms with Gasteiger partial charge >= 0.3 is 54.1 Å². The summed E-state index contributed by atoms with van der Waals surface area (Å²) in [6.07, 6.45) is 7.19. The summed E-state index contributed by atoms with van der Waals surface area (Å²) in [5.74, 6) is 1.22. The Morgan fingerprint density at radius 2 is 0.649 bits per heavy atom. The van der Waals surface area contributed by atoms with E-state index in [9.17, 15) is 30.0 Å². The number of aromatic carboxylic acids is 2. The van der Waals surface area contributed by atoms with E-state index < -0.39 is 11.9 Å². The summed E-state index contributed by atoms with van der Waals surface area (Å²) < 4.78 is 7.45. The molecule has 28 heteroatoms. The van der Waals surface area contributed by atoms with Gasteiger partial charge in [0, 0.05) is 114 Å². The van der Waals surface area contributed by atoms with Gasteiger partial charge < -0.3 is 65.5 Å². The summed E-state index contributed by atoms with van der Waals surface area (Å²) in [6, 6.07) is 109. The molecule has 0 radical (unpaired) electrons. The number of nitrogens with zero attached hydrogens (tertiary/aromatic N) is 16. The minimum absolute atomic E-state index is 0. The second-order valence-corrected chi connectivity index (χ2v) is 30.9. The molecule has 0 aliphatic heterocycles. The molecule has 0 bridgehead atoms. The maximum absolute atomic E-state index is 11.5. The molecule has 668 valence electrons. The number of rotatable bonds is 17. The normalized spacial score (nSPS) is 10.7. The fraction of sp³-hybridized carbons (Fsp3) is 0.0377. The zero-order chi connectivity index (χ0) is 89.5. The monoisotopic (exact) mass is 2510 g/mol. The van der Waals surface area contributed by atoms with Gasteiger partial charge in [-0.3, -0.25) is 9.13 Å². The van der Waals surface area contributed by atoms with Crippen molar-refractivity contribution in [3.63, 3.8) is 0 Å².